The van der Waals surface area contributed by atoms with E-state index in [4.69, 9.17) is 0 Å². The maximum atomic E-state index is 4.49. The molecular weight excluding hydrogens is 224 g/mol. The molecule has 2 aromatic heterocycles. The molecule has 94 valence electrons. The van der Waals surface area contributed by atoms with Gasteiger partial charge in [0.25, 0.3) is 0 Å². The maximum absolute atomic E-state index is 4.49. The van der Waals surface area contributed by atoms with E-state index < -0.39 is 0 Å². The molecule has 0 saturated carbocycles. The van der Waals surface area contributed by atoms with Gasteiger partial charge < -0.3 is 5.32 Å². The number of H-pyrrole nitrogens is 1. The Hall–Kier alpha value is -1.68. The van der Waals surface area contributed by atoms with Crippen molar-refractivity contribution in [2.75, 3.05) is 13.1 Å². The molecule has 1 saturated heterocycles. The number of nitrogens with zero attached hydrogens (tertiary/aromatic N) is 2. The molecule has 1 aliphatic rings. The smallest absolute Gasteiger partial charge is 0.0953 e. The van der Waals surface area contributed by atoms with Crippen LogP contribution >= 0.6 is 0 Å². The minimum Gasteiger partial charge on any atom is -0.317 e. The second-order valence-electron chi connectivity index (χ2n) is 4.87. The molecule has 0 bridgehead atoms. The Morgan fingerprint density at radius 2 is 1.89 bits per heavy atom. The lowest BCUT2D eigenvalue weighted by atomic mass is 9.91. The lowest BCUT2D eigenvalue weighted by Gasteiger charge is -2.22. The zero-order valence-corrected chi connectivity index (χ0v) is 10.6. The summed E-state index contributed by atoms with van der Waals surface area (Å²) in [7, 11) is 0. The molecule has 0 unspecified atom stereocenters. The van der Waals surface area contributed by atoms with Gasteiger partial charge in [-0.3, -0.25) is 10.1 Å². The van der Waals surface area contributed by atoms with Crippen molar-refractivity contribution in [3.05, 3.63) is 35.8 Å². The molecule has 4 nitrogen and oxygen atoms in total. The van der Waals surface area contributed by atoms with E-state index in [9.17, 15) is 0 Å². The van der Waals surface area contributed by atoms with Gasteiger partial charge in [-0.25, -0.2) is 0 Å². The molecule has 0 atom stereocenters. The first-order valence-corrected chi connectivity index (χ1v) is 6.52. The lowest BCUT2D eigenvalue weighted by Crippen LogP contribution is -2.27. The summed E-state index contributed by atoms with van der Waals surface area (Å²) in [6.07, 6.45) is 6.01. The average Bonchev–Trinajstić information content (AvgIpc) is 2.83. The van der Waals surface area contributed by atoms with Gasteiger partial charge in [0.15, 0.2) is 0 Å². The fourth-order valence-corrected chi connectivity index (χ4v) is 2.71. The van der Waals surface area contributed by atoms with E-state index in [1.807, 2.05) is 24.5 Å². The number of hydrogen-bond donors (Lipinski definition) is 2. The Morgan fingerprint density at radius 1 is 1.17 bits per heavy atom. The summed E-state index contributed by atoms with van der Waals surface area (Å²) in [4.78, 5) is 4.05. The highest BCUT2D eigenvalue weighted by Gasteiger charge is 2.21. The zero-order chi connectivity index (χ0) is 12.4. The Balaban J connectivity index is 1.92. The van der Waals surface area contributed by atoms with Crippen LogP contribution in [0.1, 0.15) is 30.0 Å². The van der Waals surface area contributed by atoms with Gasteiger partial charge in [-0.05, 0) is 50.6 Å². The monoisotopic (exact) mass is 242 g/mol. The fraction of sp³-hybridized carbons (Fsp3) is 0.429. The highest BCUT2D eigenvalue weighted by Crippen LogP contribution is 2.31. The molecule has 1 fully saturated rings. The van der Waals surface area contributed by atoms with Gasteiger partial charge in [0, 0.05) is 29.6 Å². The summed E-state index contributed by atoms with van der Waals surface area (Å²) in [6.45, 7) is 4.37. The summed E-state index contributed by atoms with van der Waals surface area (Å²) >= 11 is 0. The van der Waals surface area contributed by atoms with E-state index in [1.165, 1.54) is 24.1 Å². The molecule has 0 radical (unpaired) electrons. The largest absolute Gasteiger partial charge is 0.317 e. The number of hydrogen-bond acceptors (Lipinski definition) is 3. The molecule has 2 N–H and O–H groups in total. The van der Waals surface area contributed by atoms with Crippen molar-refractivity contribution >= 4 is 0 Å². The first kappa shape index (κ1) is 11.4. The second-order valence-corrected chi connectivity index (χ2v) is 4.87. The molecule has 2 aromatic rings. The van der Waals surface area contributed by atoms with Crippen molar-refractivity contribution in [2.45, 2.75) is 25.7 Å². The van der Waals surface area contributed by atoms with Crippen LogP contribution in [-0.2, 0) is 0 Å². The average molecular weight is 242 g/mol. The molecule has 0 amide bonds. The zero-order valence-electron chi connectivity index (χ0n) is 10.6. The summed E-state index contributed by atoms with van der Waals surface area (Å²) in [5.74, 6) is 0.620. The third kappa shape index (κ3) is 2.04. The number of rotatable bonds is 2. The summed E-state index contributed by atoms with van der Waals surface area (Å²) < 4.78 is 0. The van der Waals surface area contributed by atoms with E-state index in [2.05, 4.69) is 27.4 Å². The molecule has 18 heavy (non-hydrogen) atoms. The van der Waals surface area contributed by atoms with Crippen molar-refractivity contribution in [1.29, 1.82) is 0 Å². The van der Waals surface area contributed by atoms with E-state index >= 15 is 0 Å². The lowest BCUT2D eigenvalue weighted by molar-refractivity contribution is 0.451. The third-order valence-corrected chi connectivity index (χ3v) is 3.75. The quantitative estimate of drug-likeness (QED) is 0.849. The Kier molecular flexibility index (Phi) is 3.11. The third-order valence-electron chi connectivity index (χ3n) is 3.75. The van der Waals surface area contributed by atoms with E-state index in [0.717, 1.165) is 24.3 Å². The summed E-state index contributed by atoms with van der Waals surface area (Å²) in [6, 6.07) is 4.02. The predicted octanol–water partition coefficient (Wildman–Crippen LogP) is 2.25. The van der Waals surface area contributed by atoms with Gasteiger partial charge in [-0.2, -0.15) is 5.10 Å². The van der Waals surface area contributed by atoms with Crippen LogP contribution in [0, 0.1) is 6.92 Å². The number of nitrogens with one attached hydrogen (secondary N) is 2. The van der Waals surface area contributed by atoms with Gasteiger partial charge in [-0.1, -0.05) is 0 Å². The van der Waals surface area contributed by atoms with Crippen LogP contribution in [0.3, 0.4) is 0 Å². The van der Waals surface area contributed by atoms with Crippen LogP contribution in [0.15, 0.2) is 24.5 Å². The van der Waals surface area contributed by atoms with Crippen LogP contribution in [0.2, 0.25) is 0 Å². The minimum absolute atomic E-state index is 0.620. The highest BCUT2D eigenvalue weighted by atomic mass is 15.1. The SMILES string of the molecule is Cc1c(-c2ccncc2)n[nH]c1C1CCNCC1. The van der Waals surface area contributed by atoms with Gasteiger partial charge in [-0.15, -0.1) is 0 Å². The highest BCUT2D eigenvalue weighted by molar-refractivity contribution is 5.63. The Bertz CT molecular complexity index is 512. The molecule has 3 heterocycles. The van der Waals surface area contributed by atoms with Crippen molar-refractivity contribution in [1.82, 2.24) is 20.5 Å². The molecule has 0 aliphatic carbocycles. The maximum Gasteiger partial charge on any atom is 0.0953 e. The van der Waals surface area contributed by atoms with Gasteiger partial charge in [0.1, 0.15) is 0 Å². The Labute approximate surface area is 107 Å². The molecule has 0 aromatic carbocycles. The summed E-state index contributed by atoms with van der Waals surface area (Å²) in [5.41, 5.74) is 4.79. The number of aromatic amines is 1. The second kappa shape index (κ2) is 4.90. The first-order valence-electron chi connectivity index (χ1n) is 6.52. The van der Waals surface area contributed by atoms with E-state index in [0.29, 0.717) is 5.92 Å². The fourth-order valence-electron chi connectivity index (χ4n) is 2.71. The van der Waals surface area contributed by atoms with Crippen molar-refractivity contribution in [3.63, 3.8) is 0 Å². The van der Waals surface area contributed by atoms with Crippen LogP contribution < -0.4 is 5.32 Å². The molecular formula is C14H18N4. The van der Waals surface area contributed by atoms with Gasteiger partial charge >= 0.3 is 0 Å². The van der Waals surface area contributed by atoms with Crippen LogP contribution in [0.25, 0.3) is 11.3 Å². The molecule has 4 heteroatoms. The number of pyridine rings is 1. The molecule has 3 rings (SSSR count). The first-order chi connectivity index (χ1) is 8.86. The number of aromatic nitrogens is 3. The van der Waals surface area contributed by atoms with Gasteiger partial charge in [0.05, 0.1) is 5.69 Å². The predicted molar refractivity (Wildman–Crippen MR) is 71.4 cm³/mol. The van der Waals surface area contributed by atoms with Crippen molar-refractivity contribution in [2.24, 2.45) is 0 Å². The van der Waals surface area contributed by atoms with Gasteiger partial charge in [0.2, 0.25) is 0 Å². The summed E-state index contributed by atoms with van der Waals surface area (Å²) in [5, 5.41) is 11.1. The Morgan fingerprint density at radius 3 is 2.61 bits per heavy atom. The van der Waals surface area contributed by atoms with Crippen LogP contribution in [-0.4, -0.2) is 28.3 Å². The minimum atomic E-state index is 0.620. The standard InChI is InChI=1S/C14H18N4/c1-10-13(11-2-6-15-7-3-11)17-18-14(10)12-4-8-16-9-5-12/h2-3,6-7,12,16H,4-5,8-9H2,1H3,(H,17,18). The molecule has 1 aliphatic heterocycles. The van der Waals surface area contributed by atoms with E-state index in [-0.39, 0.29) is 0 Å². The van der Waals surface area contributed by atoms with E-state index in [1.54, 1.807) is 0 Å². The van der Waals surface area contributed by atoms with Crippen LogP contribution in [0.5, 0.6) is 0 Å². The van der Waals surface area contributed by atoms with Crippen molar-refractivity contribution in [3.8, 4) is 11.3 Å². The van der Waals surface area contributed by atoms with Crippen LogP contribution in [0.4, 0.5) is 0 Å². The molecule has 0 spiro atoms. The number of piperidine rings is 1. The van der Waals surface area contributed by atoms with Crippen molar-refractivity contribution < 1.29 is 0 Å². The normalized spacial score (nSPS) is 16.9. The topological polar surface area (TPSA) is 53.6 Å².